The summed E-state index contributed by atoms with van der Waals surface area (Å²) in [5.41, 5.74) is 1.00. The van der Waals surface area contributed by atoms with Gasteiger partial charge >= 0.3 is 0 Å². The summed E-state index contributed by atoms with van der Waals surface area (Å²) in [4.78, 5) is 25.0. The van der Waals surface area contributed by atoms with E-state index in [1.807, 2.05) is 0 Å². The maximum Gasteiger partial charge on any atom is 0.253 e. The first-order valence-corrected chi connectivity index (χ1v) is 8.60. The third-order valence-corrected chi connectivity index (χ3v) is 4.64. The Kier molecular flexibility index (Phi) is 5.04. The number of anilines is 1. The number of rotatable bonds is 5. The summed E-state index contributed by atoms with van der Waals surface area (Å²) in [5, 5.41) is 9.25. The molecule has 1 aromatic carbocycles. The number of hydrogen-bond acceptors (Lipinski definition) is 4. The minimum atomic E-state index is -0.162. The number of nitrogens with one attached hydrogen (secondary N) is 3. The molecule has 24 heavy (non-hydrogen) atoms. The zero-order valence-electron chi connectivity index (χ0n) is 14.2. The summed E-state index contributed by atoms with van der Waals surface area (Å²) >= 11 is 0. The average Bonchev–Trinajstić information content (AvgIpc) is 3.39. The summed E-state index contributed by atoms with van der Waals surface area (Å²) in [6.45, 7) is 2.93. The number of hydrogen-bond donors (Lipinski definition) is 3. The third-order valence-electron chi connectivity index (χ3n) is 4.64. The van der Waals surface area contributed by atoms with E-state index in [1.54, 1.807) is 25.3 Å². The van der Waals surface area contributed by atoms with Crippen molar-refractivity contribution in [2.24, 2.45) is 5.92 Å². The van der Waals surface area contributed by atoms with Crippen LogP contribution in [0.4, 0.5) is 5.69 Å². The lowest BCUT2D eigenvalue weighted by atomic mass is 9.92. The molecular formula is C18H25N3O3. The predicted octanol–water partition coefficient (Wildman–Crippen LogP) is 1.91. The second-order valence-electron chi connectivity index (χ2n) is 6.72. The Labute approximate surface area is 142 Å². The van der Waals surface area contributed by atoms with Gasteiger partial charge in [-0.2, -0.15) is 0 Å². The lowest BCUT2D eigenvalue weighted by molar-refractivity contribution is -0.120. The van der Waals surface area contributed by atoms with Crippen molar-refractivity contribution >= 4 is 17.5 Å². The number of carbonyl (C=O) groups is 2. The molecule has 3 rings (SSSR count). The van der Waals surface area contributed by atoms with Crippen molar-refractivity contribution in [1.29, 1.82) is 0 Å². The van der Waals surface area contributed by atoms with Gasteiger partial charge in [-0.3, -0.25) is 9.59 Å². The summed E-state index contributed by atoms with van der Waals surface area (Å²) in [7, 11) is 1.56. The van der Waals surface area contributed by atoms with E-state index in [9.17, 15) is 9.59 Å². The fourth-order valence-electron chi connectivity index (χ4n) is 3.04. The molecule has 1 aromatic rings. The molecule has 0 unspecified atom stereocenters. The van der Waals surface area contributed by atoms with Crippen LogP contribution >= 0.6 is 0 Å². The second-order valence-corrected chi connectivity index (χ2v) is 6.72. The molecule has 1 heterocycles. The van der Waals surface area contributed by atoms with Crippen molar-refractivity contribution in [3.8, 4) is 5.75 Å². The van der Waals surface area contributed by atoms with Crippen molar-refractivity contribution < 1.29 is 14.3 Å². The van der Waals surface area contributed by atoms with Gasteiger partial charge in [0.25, 0.3) is 5.91 Å². The maximum absolute atomic E-state index is 12.6. The molecule has 2 fully saturated rings. The maximum atomic E-state index is 12.6. The number of amides is 2. The van der Waals surface area contributed by atoms with Crippen molar-refractivity contribution in [3.05, 3.63) is 23.8 Å². The molecule has 0 radical (unpaired) electrons. The van der Waals surface area contributed by atoms with E-state index >= 15 is 0 Å². The smallest absolute Gasteiger partial charge is 0.253 e. The van der Waals surface area contributed by atoms with E-state index < -0.39 is 0 Å². The SMILES string of the molecule is COc1ccc(NC(=O)[C@H]2CCN[C@@H](C)C2)c(C(=O)NC2CC2)c1. The molecule has 6 nitrogen and oxygen atoms in total. The van der Waals surface area contributed by atoms with Crippen molar-refractivity contribution in [2.75, 3.05) is 19.0 Å². The van der Waals surface area contributed by atoms with E-state index in [2.05, 4.69) is 22.9 Å². The highest BCUT2D eigenvalue weighted by atomic mass is 16.5. The standard InChI is InChI=1S/C18H25N3O3/c1-11-9-12(7-8-19-11)17(22)21-16-6-5-14(24-2)10-15(16)18(23)20-13-3-4-13/h5-6,10-13,19H,3-4,7-9H2,1-2H3,(H,20,23)(H,21,22)/t11-,12-/m0/s1. The Bertz CT molecular complexity index is 628. The van der Waals surface area contributed by atoms with Crippen molar-refractivity contribution in [3.63, 3.8) is 0 Å². The fraction of sp³-hybridized carbons (Fsp3) is 0.556. The topological polar surface area (TPSA) is 79.5 Å². The Morgan fingerprint density at radius 2 is 2.04 bits per heavy atom. The Hall–Kier alpha value is -2.08. The number of ether oxygens (including phenoxy) is 1. The number of carbonyl (C=O) groups excluding carboxylic acids is 2. The molecule has 1 aliphatic heterocycles. The highest BCUT2D eigenvalue weighted by Crippen LogP contribution is 2.26. The van der Waals surface area contributed by atoms with E-state index in [-0.39, 0.29) is 23.8 Å². The minimum absolute atomic E-state index is 0.0195. The van der Waals surface area contributed by atoms with E-state index in [4.69, 9.17) is 4.74 Å². The number of methoxy groups -OCH3 is 1. The van der Waals surface area contributed by atoms with Gasteiger partial charge in [-0.15, -0.1) is 0 Å². The van der Waals surface area contributed by atoms with Crippen LogP contribution in [0.2, 0.25) is 0 Å². The highest BCUT2D eigenvalue weighted by molar-refractivity contribution is 6.04. The van der Waals surface area contributed by atoms with Crippen molar-refractivity contribution in [1.82, 2.24) is 10.6 Å². The molecule has 2 amide bonds. The van der Waals surface area contributed by atoms with Crippen LogP contribution in [0.5, 0.6) is 5.75 Å². The molecule has 2 aliphatic rings. The Morgan fingerprint density at radius 3 is 2.71 bits per heavy atom. The largest absolute Gasteiger partial charge is 0.497 e. The van der Waals surface area contributed by atoms with Gasteiger partial charge < -0.3 is 20.7 Å². The van der Waals surface area contributed by atoms with Crippen LogP contribution in [0.15, 0.2) is 18.2 Å². The van der Waals surface area contributed by atoms with Gasteiger partial charge in [0.1, 0.15) is 5.75 Å². The lowest BCUT2D eigenvalue weighted by Crippen LogP contribution is -2.40. The second kappa shape index (κ2) is 7.21. The minimum Gasteiger partial charge on any atom is -0.497 e. The normalized spacial score (nSPS) is 23.4. The summed E-state index contributed by atoms with van der Waals surface area (Å²) < 4.78 is 5.22. The van der Waals surface area contributed by atoms with Gasteiger partial charge in [-0.25, -0.2) is 0 Å². The lowest BCUT2D eigenvalue weighted by Gasteiger charge is -2.27. The van der Waals surface area contributed by atoms with Crippen LogP contribution in [0.3, 0.4) is 0 Å². The molecule has 0 bridgehead atoms. The predicted molar refractivity (Wildman–Crippen MR) is 92.3 cm³/mol. The van der Waals surface area contributed by atoms with Gasteiger partial charge in [0.2, 0.25) is 5.91 Å². The van der Waals surface area contributed by atoms with Crippen LogP contribution in [0, 0.1) is 5.92 Å². The van der Waals surface area contributed by atoms with Crippen molar-refractivity contribution in [2.45, 2.75) is 44.7 Å². The summed E-state index contributed by atoms with van der Waals surface area (Å²) in [6, 6.07) is 5.77. The van der Waals surface area contributed by atoms with Crippen LogP contribution < -0.4 is 20.7 Å². The summed E-state index contributed by atoms with van der Waals surface area (Å²) in [6.07, 6.45) is 3.66. The number of piperidine rings is 1. The summed E-state index contributed by atoms with van der Waals surface area (Å²) in [5.74, 6) is 0.395. The number of benzene rings is 1. The first-order chi connectivity index (χ1) is 11.6. The zero-order chi connectivity index (χ0) is 17.1. The zero-order valence-corrected chi connectivity index (χ0v) is 14.2. The molecule has 1 aliphatic carbocycles. The van der Waals surface area contributed by atoms with E-state index in [1.165, 1.54) is 0 Å². The van der Waals surface area contributed by atoms with Gasteiger partial charge in [-0.1, -0.05) is 0 Å². The van der Waals surface area contributed by atoms with Crippen LogP contribution in [0.25, 0.3) is 0 Å². The monoisotopic (exact) mass is 331 g/mol. The molecule has 2 atom stereocenters. The molecular weight excluding hydrogens is 306 g/mol. The van der Waals surface area contributed by atoms with Crippen LogP contribution in [-0.4, -0.2) is 37.6 Å². The van der Waals surface area contributed by atoms with Gasteiger partial charge in [0.15, 0.2) is 0 Å². The van der Waals surface area contributed by atoms with Crippen LogP contribution in [0.1, 0.15) is 43.0 Å². The van der Waals surface area contributed by atoms with Crippen LogP contribution in [-0.2, 0) is 4.79 Å². The van der Waals surface area contributed by atoms with Gasteiger partial charge in [-0.05, 0) is 57.4 Å². The Morgan fingerprint density at radius 1 is 1.25 bits per heavy atom. The Balaban J connectivity index is 1.75. The first-order valence-electron chi connectivity index (χ1n) is 8.60. The van der Waals surface area contributed by atoms with E-state index in [0.29, 0.717) is 23.0 Å². The third kappa shape index (κ3) is 4.06. The van der Waals surface area contributed by atoms with E-state index in [0.717, 1.165) is 32.2 Å². The fourth-order valence-corrected chi connectivity index (χ4v) is 3.04. The molecule has 130 valence electrons. The molecule has 1 saturated heterocycles. The molecule has 0 aromatic heterocycles. The molecule has 3 N–H and O–H groups in total. The average molecular weight is 331 g/mol. The highest BCUT2D eigenvalue weighted by Gasteiger charge is 2.28. The van der Waals surface area contributed by atoms with Gasteiger partial charge in [0.05, 0.1) is 18.4 Å². The molecule has 6 heteroatoms. The quantitative estimate of drug-likeness (QED) is 0.770. The molecule has 0 spiro atoms. The van der Waals surface area contributed by atoms with Gasteiger partial charge in [0, 0.05) is 18.0 Å². The molecule has 1 saturated carbocycles. The first kappa shape index (κ1) is 16.8.